The Balaban J connectivity index is 2.59. The van der Waals surface area contributed by atoms with Gasteiger partial charge < -0.3 is 9.15 Å². The number of aromatic nitrogens is 1. The van der Waals surface area contributed by atoms with E-state index in [1.54, 1.807) is 0 Å². The van der Waals surface area contributed by atoms with Crippen LogP contribution in [0.3, 0.4) is 0 Å². The third-order valence-corrected chi connectivity index (χ3v) is 1.74. The standard InChI is InChI=1S/C8H6N2O4/c1-13-8-9-6-4-5(10(11)12)2-3-7(6)14-8/h2-4H,1H3. The predicted molar refractivity (Wildman–Crippen MR) is 47.2 cm³/mol. The molecule has 0 bridgehead atoms. The third kappa shape index (κ3) is 1.26. The van der Waals surface area contributed by atoms with Crippen LogP contribution in [0.5, 0.6) is 6.08 Å². The zero-order valence-corrected chi connectivity index (χ0v) is 7.26. The van der Waals surface area contributed by atoms with Gasteiger partial charge in [-0.2, -0.15) is 4.98 Å². The van der Waals surface area contributed by atoms with Crippen LogP contribution < -0.4 is 4.74 Å². The average Bonchev–Trinajstić information content (AvgIpc) is 2.58. The van der Waals surface area contributed by atoms with Crippen LogP contribution in [0.25, 0.3) is 11.1 Å². The van der Waals surface area contributed by atoms with Crippen molar-refractivity contribution in [1.82, 2.24) is 4.98 Å². The molecule has 6 nitrogen and oxygen atoms in total. The van der Waals surface area contributed by atoms with E-state index >= 15 is 0 Å². The van der Waals surface area contributed by atoms with Gasteiger partial charge in [-0.15, -0.1) is 0 Å². The number of hydrogen-bond donors (Lipinski definition) is 0. The minimum absolute atomic E-state index is 0.0200. The maximum absolute atomic E-state index is 10.4. The number of nitro groups is 1. The Morgan fingerprint density at radius 1 is 1.57 bits per heavy atom. The molecule has 6 heteroatoms. The summed E-state index contributed by atoms with van der Waals surface area (Å²) in [5.74, 6) is 0. The van der Waals surface area contributed by atoms with Gasteiger partial charge in [0.15, 0.2) is 5.58 Å². The van der Waals surface area contributed by atoms with E-state index in [1.165, 1.54) is 25.3 Å². The topological polar surface area (TPSA) is 78.4 Å². The zero-order valence-electron chi connectivity index (χ0n) is 7.26. The van der Waals surface area contributed by atoms with Gasteiger partial charge in [-0.3, -0.25) is 10.1 Å². The molecule has 0 saturated carbocycles. The fourth-order valence-electron chi connectivity index (χ4n) is 1.10. The molecule has 0 fully saturated rings. The number of nitro benzene ring substituents is 1. The lowest BCUT2D eigenvalue weighted by Crippen LogP contribution is -1.86. The zero-order chi connectivity index (χ0) is 10.1. The van der Waals surface area contributed by atoms with Crippen LogP contribution >= 0.6 is 0 Å². The van der Waals surface area contributed by atoms with Crippen molar-refractivity contribution >= 4 is 16.8 Å². The smallest absolute Gasteiger partial charge is 0.394 e. The van der Waals surface area contributed by atoms with E-state index in [0.29, 0.717) is 11.1 Å². The van der Waals surface area contributed by atoms with Crippen molar-refractivity contribution in [2.45, 2.75) is 0 Å². The Hall–Kier alpha value is -2.11. The lowest BCUT2D eigenvalue weighted by Gasteiger charge is -1.88. The number of oxazole rings is 1. The molecule has 0 aliphatic heterocycles. The van der Waals surface area contributed by atoms with E-state index in [9.17, 15) is 10.1 Å². The molecule has 2 aromatic rings. The van der Waals surface area contributed by atoms with Crippen LogP contribution in [0.2, 0.25) is 0 Å². The second-order valence-corrected chi connectivity index (χ2v) is 2.59. The normalized spacial score (nSPS) is 10.4. The Morgan fingerprint density at radius 2 is 2.36 bits per heavy atom. The molecule has 14 heavy (non-hydrogen) atoms. The van der Waals surface area contributed by atoms with Crippen molar-refractivity contribution in [1.29, 1.82) is 0 Å². The summed E-state index contributed by atoms with van der Waals surface area (Å²) in [5, 5.41) is 10.4. The summed E-state index contributed by atoms with van der Waals surface area (Å²) in [6.45, 7) is 0. The monoisotopic (exact) mass is 194 g/mol. The van der Waals surface area contributed by atoms with E-state index in [0.717, 1.165) is 0 Å². The van der Waals surface area contributed by atoms with Crippen molar-refractivity contribution < 1.29 is 14.1 Å². The molecule has 0 N–H and O–H groups in total. The summed E-state index contributed by atoms with van der Waals surface area (Å²) in [5.41, 5.74) is 0.858. The Labute approximate surface area is 78.3 Å². The first-order valence-corrected chi connectivity index (χ1v) is 3.79. The van der Waals surface area contributed by atoms with Crippen LogP contribution in [-0.4, -0.2) is 17.0 Å². The van der Waals surface area contributed by atoms with Gasteiger partial charge in [-0.05, 0) is 6.07 Å². The quantitative estimate of drug-likeness (QED) is 0.537. The van der Waals surface area contributed by atoms with Crippen LogP contribution in [0.1, 0.15) is 0 Å². The number of non-ortho nitro benzene ring substituents is 1. The van der Waals surface area contributed by atoms with E-state index in [4.69, 9.17) is 9.15 Å². The summed E-state index contributed by atoms with van der Waals surface area (Å²) in [4.78, 5) is 13.8. The minimum atomic E-state index is -0.486. The minimum Gasteiger partial charge on any atom is -0.453 e. The molecule has 0 aliphatic rings. The number of ether oxygens (including phenoxy) is 1. The molecule has 0 spiro atoms. The van der Waals surface area contributed by atoms with E-state index in [-0.39, 0.29) is 11.8 Å². The Bertz CT molecular complexity index is 491. The largest absolute Gasteiger partial charge is 0.453 e. The van der Waals surface area contributed by atoms with Gasteiger partial charge in [0.1, 0.15) is 5.52 Å². The molecule has 1 heterocycles. The van der Waals surface area contributed by atoms with E-state index in [2.05, 4.69) is 4.98 Å². The van der Waals surface area contributed by atoms with E-state index in [1.807, 2.05) is 0 Å². The van der Waals surface area contributed by atoms with Gasteiger partial charge >= 0.3 is 6.08 Å². The van der Waals surface area contributed by atoms with Crippen LogP contribution in [0.4, 0.5) is 5.69 Å². The van der Waals surface area contributed by atoms with Crippen LogP contribution in [-0.2, 0) is 0 Å². The van der Waals surface area contributed by atoms with Crippen molar-refractivity contribution in [3.05, 3.63) is 28.3 Å². The molecule has 0 unspecified atom stereocenters. The summed E-state index contributed by atoms with van der Waals surface area (Å²) in [6, 6.07) is 4.18. The molecular weight excluding hydrogens is 188 g/mol. The van der Waals surface area contributed by atoms with Crippen LogP contribution in [0, 0.1) is 10.1 Å². The fourth-order valence-corrected chi connectivity index (χ4v) is 1.10. The lowest BCUT2D eigenvalue weighted by molar-refractivity contribution is -0.384. The highest BCUT2D eigenvalue weighted by Crippen LogP contribution is 2.24. The van der Waals surface area contributed by atoms with Crippen molar-refractivity contribution in [2.75, 3.05) is 7.11 Å². The van der Waals surface area contributed by atoms with Gasteiger partial charge in [0.05, 0.1) is 12.0 Å². The van der Waals surface area contributed by atoms with Gasteiger partial charge in [0, 0.05) is 12.1 Å². The van der Waals surface area contributed by atoms with Gasteiger partial charge in [0.2, 0.25) is 0 Å². The van der Waals surface area contributed by atoms with Crippen molar-refractivity contribution in [3.8, 4) is 6.08 Å². The second kappa shape index (κ2) is 2.99. The van der Waals surface area contributed by atoms with Gasteiger partial charge in [0.25, 0.3) is 5.69 Å². The summed E-state index contributed by atoms with van der Waals surface area (Å²) in [6.07, 6.45) is 0.0977. The molecule has 0 atom stereocenters. The highest BCUT2D eigenvalue weighted by molar-refractivity contribution is 5.75. The molecule has 1 aromatic heterocycles. The maximum atomic E-state index is 10.4. The number of benzene rings is 1. The Morgan fingerprint density at radius 3 is 3.00 bits per heavy atom. The maximum Gasteiger partial charge on any atom is 0.394 e. The highest BCUT2D eigenvalue weighted by atomic mass is 16.6. The van der Waals surface area contributed by atoms with Gasteiger partial charge in [-0.25, -0.2) is 0 Å². The lowest BCUT2D eigenvalue weighted by atomic mass is 10.3. The molecular formula is C8H6N2O4. The molecule has 0 saturated heterocycles. The molecule has 0 radical (unpaired) electrons. The van der Waals surface area contributed by atoms with Gasteiger partial charge in [-0.1, -0.05) is 0 Å². The van der Waals surface area contributed by atoms with E-state index < -0.39 is 4.92 Å². The average molecular weight is 194 g/mol. The summed E-state index contributed by atoms with van der Waals surface area (Å²) >= 11 is 0. The summed E-state index contributed by atoms with van der Waals surface area (Å²) in [7, 11) is 1.42. The first-order valence-electron chi connectivity index (χ1n) is 3.79. The second-order valence-electron chi connectivity index (χ2n) is 2.59. The number of nitrogens with zero attached hydrogens (tertiary/aromatic N) is 2. The molecule has 72 valence electrons. The molecule has 0 amide bonds. The number of fused-ring (bicyclic) bond motifs is 1. The SMILES string of the molecule is COc1nc2cc([N+](=O)[O-])ccc2o1. The molecule has 1 aromatic carbocycles. The predicted octanol–water partition coefficient (Wildman–Crippen LogP) is 1.74. The highest BCUT2D eigenvalue weighted by Gasteiger charge is 2.11. The third-order valence-electron chi connectivity index (χ3n) is 1.74. The number of hydrogen-bond acceptors (Lipinski definition) is 5. The first kappa shape index (κ1) is 8.49. The van der Waals surface area contributed by atoms with Crippen molar-refractivity contribution in [3.63, 3.8) is 0 Å². The fraction of sp³-hybridized carbons (Fsp3) is 0.125. The number of rotatable bonds is 2. The molecule has 0 aliphatic carbocycles. The Kier molecular flexibility index (Phi) is 1.81. The first-order chi connectivity index (χ1) is 6.70. The van der Waals surface area contributed by atoms with Crippen LogP contribution in [0.15, 0.2) is 22.6 Å². The molecule has 2 rings (SSSR count). The number of methoxy groups -OCH3 is 1. The van der Waals surface area contributed by atoms with Crippen molar-refractivity contribution in [2.24, 2.45) is 0 Å². The summed E-state index contributed by atoms with van der Waals surface area (Å²) < 4.78 is 9.85.